The predicted molar refractivity (Wildman–Crippen MR) is 59.9 cm³/mol. The molecule has 0 heterocycles. The van der Waals surface area contributed by atoms with Crippen LogP contribution in [0.5, 0.6) is 0 Å². The number of benzene rings is 1. The van der Waals surface area contributed by atoms with E-state index in [-0.39, 0.29) is 5.82 Å². The fourth-order valence-corrected chi connectivity index (χ4v) is 2.20. The van der Waals surface area contributed by atoms with E-state index in [0.717, 1.165) is 10.2 Å². The third-order valence-electron chi connectivity index (χ3n) is 2.83. The Labute approximate surface area is 91.8 Å². The van der Waals surface area contributed by atoms with Crippen molar-refractivity contribution in [2.75, 3.05) is 5.32 Å². The molecule has 0 aliphatic heterocycles. The Bertz CT molecular complexity index is 320. The summed E-state index contributed by atoms with van der Waals surface area (Å²) in [4.78, 5) is 0. The van der Waals surface area contributed by atoms with E-state index in [1.807, 2.05) is 6.07 Å². The number of hydrogen-bond donors (Lipinski definition) is 1. The molecular weight excluding hydrogens is 245 g/mol. The second kappa shape index (κ2) is 3.89. The maximum Gasteiger partial charge on any atom is 0.126 e. The van der Waals surface area contributed by atoms with E-state index >= 15 is 0 Å². The van der Waals surface area contributed by atoms with Crippen LogP contribution in [-0.4, -0.2) is 6.04 Å². The zero-order valence-corrected chi connectivity index (χ0v) is 9.64. The fraction of sp³-hybridized carbons (Fsp3) is 0.455. The topological polar surface area (TPSA) is 12.0 Å². The van der Waals surface area contributed by atoms with Gasteiger partial charge in [-0.1, -0.05) is 22.9 Å². The minimum atomic E-state index is -0.200. The Morgan fingerprint density at radius 2 is 2.14 bits per heavy atom. The van der Waals surface area contributed by atoms with Gasteiger partial charge in [0.25, 0.3) is 0 Å². The van der Waals surface area contributed by atoms with Crippen molar-refractivity contribution in [2.45, 2.75) is 25.8 Å². The molecule has 0 spiro atoms. The summed E-state index contributed by atoms with van der Waals surface area (Å²) in [5.41, 5.74) is 0.869. The van der Waals surface area contributed by atoms with Crippen molar-refractivity contribution in [3.8, 4) is 0 Å². The van der Waals surface area contributed by atoms with Gasteiger partial charge in [-0.2, -0.15) is 0 Å². The monoisotopic (exact) mass is 257 g/mol. The largest absolute Gasteiger partial charge is 0.382 e. The molecule has 1 aliphatic carbocycles. The van der Waals surface area contributed by atoms with Crippen LogP contribution in [0.25, 0.3) is 0 Å². The maximum atomic E-state index is 13.0. The number of nitrogens with one attached hydrogen (secondary N) is 1. The summed E-state index contributed by atoms with van der Waals surface area (Å²) >= 11 is 3.28. The molecule has 0 aromatic heterocycles. The lowest BCUT2D eigenvalue weighted by Gasteiger charge is -2.35. The summed E-state index contributed by atoms with van der Waals surface area (Å²) in [7, 11) is 0. The quantitative estimate of drug-likeness (QED) is 0.850. The van der Waals surface area contributed by atoms with E-state index in [9.17, 15) is 4.39 Å². The lowest BCUT2D eigenvalue weighted by molar-refractivity contribution is 0.303. The first-order valence-corrected chi connectivity index (χ1v) is 5.67. The third-order valence-corrected chi connectivity index (χ3v) is 3.29. The lowest BCUT2D eigenvalue weighted by Crippen LogP contribution is -2.36. The Morgan fingerprint density at radius 1 is 1.36 bits per heavy atom. The lowest BCUT2D eigenvalue weighted by atomic mass is 9.81. The number of rotatable bonds is 2. The van der Waals surface area contributed by atoms with E-state index in [1.165, 1.54) is 25.0 Å². The molecule has 2 rings (SSSR count). The van der Waals surface area contributed by atoms with Crippen LogP contribution in [0, 0.1) is 11.7 Å². The molecule has 76 valence electrons. The molecule has 1 fully saturated rings. The van der Waals surface area contributed by atoms with Gasteiger partial charge in [-0.05, 0) is 37.0 Å². The molecule has 1 saturated carbocycles. The van der Waals surface area contributed by atoms with Gasteiger partial charge in [0, 0.05) is 16.2 Å². The van der Waals surface area contributed by atoms with Crippen LogP contribution in [0.2, 0.25) is 0 Å². The smallest absolute Gasteiger partial charge is 0.126 e. The van der Waals surface area contributed by atoms with Crippen molar-refractivity contribution in [3.05, 3.63) is 28.5 Å². The van der Waals surface area contributed by atoms with Crippen molar-refractivity contribution in [1.82, 2.24) is 0 Å². The van der Waals surface area contributed by atoms with Crippen LogP contribution in [0.3, 0.4) is 0 Å². The van der Waals surface area contributed by atoms with Crippen LogP contribution in [-0.2, 0) is 0 Å². The number of halogens is 2. The van der Waals surface area contributed by atoms with E-state index in [4.69, 9.17) is 0 Å². The molecular formula is C11H13BrFN. The average molecular weight is 258 g/mol. The van der Waals surface area contributed by atoms with Gasteiger partial charge in [0.05, 0.1) is 0 Å². The van der Waals surface area contributed by atoms with Crippen LogP contribution in [0.1, 0.15) is 19.8 Å². The first kappa shape index (κ1) is 9.97. The van der Waals surface area contributed by atoms with Crippen molar-refractivity contribution in [1.29, 1.82) is 0 Å². The Kier molecular flexibility index (Phi) is 2.77. The first-order chi connectivity index (χ1) is 6.65. The van der Waals surface area contributed by atoms with E-state index in [2.05, 4.69) is 28.2 Å². The SMILES string of the molecule is CC1CCC1Nc1cc(F)cc(Br)c1. The van der Waals surface area contributed by atoms with Gasteiger partial charge in [-0.3, -0.25) is 0 Å². The summed E-state index contributed by atoms with van der Waals surface area (Å²) in [6.45, 7) is 2.22. The fourth-order valence-electron chi connectivity index (χ4n) is 1.73. The number of anilines is 1. The summed E-state index contributed by atoms with van der Waals surface area (Å²) in [5, 5.41) is 3.34. The highest BCUT2D eigenvalue weighted by Gasteiger charge is 2.26. The molecule has 2 atom stereocenters. The Morgan fingerprint density at radius 3 is 2.64 bits per heavy atom. The first-order valence-electron chi connectivity index (χ1n) is 4.88. The van der Waals surface area contributed by atoms with E-state index in [0.29, 0.717) is 12.0 Å². The van der Waals surface area contributed by atoms with Crippen molar-refractivity contribution in [2.24, 2.45) is 5.92 Å². The molecule has 0 amide bonds. The molecule has 2 unspecified atom stereocenters. The molecule has 1 N–H and O–H groups in total. The zero-order chi connectivity index (χ0) is 10.1. The molecule has 0 bridgehead atoms. The Balaban J connectivity index is 2.08. The molecule has 1 aromatic carbocycles. The number of hydrogen-bond acceptors (Lipinski definition) is 1. The van der Waals surface area contributed by atoms with Crippen molar-refractivity contribution < 1.29 is 4.39 Å². The molecule has 0 radical (unpaired) electrons. The predicted octanol–water partition coefficient (Wildman–Crippen LogP) is 3.80. The van der Waals surface area contributed by atoms with Gasteiger partial charge in [-0.15, -0.1) is 0 Å². The normalized spacial score (nSPS) is 25.6. The molecule has 3 heteroatoms. The van der Waals surface area contributed by atoms with Crippen LogP contribution in [0.15, 0.2) is 22.7 Å². The van der Waals surface area contributed by atoms with Gasteiger partial charge < -0.3 is 5.32 Å². The second-order valence-electron chi connectivity index (χ2n) is 3.96. The average Bonchev–Trinajstić information content (AvgIpc) is 2.10. The molecule has 1 nitrogen and oxygen atoms in total. The summed E-state index contributed by atoms with van der Waals surface area (Å²) in [6, 6.07) is 5.43. The van der Waals surface area contributed by atoms with Crippen molar-refractivity contribution >= 4 is 21.6 Å². The second-order valence-corrected chi connectivity index (χ2v) is 4.88. The van der Waals surface area contributed by atoms with Crippen LogP contribution < -0.4 is 5.32 Å². The van der Waals surface area contributed by atoms with Crippen molar-refractivity contribution in [3.63, 3.8) is 0 Å². The van der Waals surface area contributed by atoms with E-state index in [1.54, 1.807) is 0 Å². The summed E-state index contributed by atoms with van der Waals surface area (Å²) in [6.07, 6.45) is 2.46. The van der Waals surface area contributed by atoms with Gasteiger partial charge in [0.1, 0.15) is 5.82 Å². The van der Waals surface area contributed by atoms with E-state index < -0.39 is 0 Å². The maximum absolute atomic E-state index is 13.0. The minimum Gasteiger partial charge on any atom is -0.382 e. The standard InChI is InChI=1S/C11H13BrFN/c1-7-2-3-11(7)14-10-5-8(12)4-9(13)6-10/h4-7,11,14H,2-3H2,1H3. The van der Waals surface area contributed by atoms with Crippen LogP contribution in [0.4, 0.5) is 10.1 Å². The third kappa shape index (κ3) is 2.08. The highest BCUT2D eigenvalue weighted by Crippen LogP contribution is 2.30. The van der Waals surface area contributed by atoms with Gasteiger partial charge in [0.2, 0.25) is 0 Å². The van der Waals surface area contributed by atoms with Gasteiger partial charge in [-0.25, -0.2) is 4.39 Å². The van der Waals surface area contributed by atoms with Gasteiger partial charge >= 0.3 is 0 Å². The molecule has 0 saturated heterocycles. The molecule has 14 heavy (non-hydrogen) atoms. The summed E-state index contributed by atoms with van der Waals surface area (Å²) < 4.78 is 13.8. The molecule has 1 aromatic rings. The highest BCUT2D eigenvalue weighted by molar-refractivity contribution is 9.10. The minimum absolute atomic E-state index is 0.200. The molecule has 1 aliphatic rings. The summed E-state index contributed by atoms with van der Waals surface area (Å²) in [5.74, 6) is 0.505. The zero-order valence-electron chi connectivity index (χ0n) is 8.06. The highest BCUT2D eigenvalue weighted by atomic mass is 79.9. The van der Waals surface area contributed by atoms with Crippen LogP contribution >= 0.6 is 15.9 Å². The van der Waals surface area contributed by atoms with Gasteiger partial charge in [0.15, 0.2) is 0 Å². The Hall–Kier alpha value is -0.570.